The summed E-state index contributed by atoms with van der Waals surface area (Å²) in [5.74, 6) is -1.42. The third-order valence-electron chi connectivity index (χ3n) is 3.15. The first-order valence-corrected chi connectivity index (χ1v) is 8.69. The fourth-order valence-electron chi connectivity index (χ4n) is 1.72. The normalized spacial score (nSPS) is 14.3. The van der Waals surface area contributed by atoms with E-state index in [2.05, 4.69) is 0 Å². The van der Waals surface area contributed by atoms with Gasteiger partial charge in [-0.15, -0.1) is 11.6 Å². The molecule has 116 valence electrons. The number of esters is 1. The van der Waals surface area contributed by atoms with Gasteiger partial charge in [0.2, 0.25) is 5.78 Å². The molecule has 7 heteroatoms. The Kier molecular flexibility index (Phi) is 5.53. The van der Waals surface area contributed by atoms with Gasteiger partial charge in [-0.1, -0.05) is 6.92 Å². The summed E-state index contributed by atoms with van der Waals surface area (Å²) in [6.07, 6.45) is 1.37. The highest BCUT2D eigenvalue weighted by Crippen LogP contribution is 2.23. The maximum atomic E-state index is 12.4. The Balaban J connectivity index is 3.08. The first-order valence-electron chi connectivity index (χ1n) is 6.27. The molecule has 0 saturated heterocycles. The number of benzene rings is 1. The Labute approximate surface area is 129 Å². The van der Waals surface area contributed by atoms with Crippen molar-refractivity contribution in [2.45, 2.75) is 30.8 Å². The van der Waals surface area contributed by atoms with Crippen LogP contribution >= 0.6 is 11.6 Å². The molecule has 1 rings (SSSR count). The molecule has 0 aromatic heterocycles. The lowest BCUT2D eigenvalue weighted by molar-refractivity contribution is -0.150. The van der Waals surface area contributed by atoms with E-state index in [1.807, 2.05) is 0 Å². The minimum absolute atomic E-state index is 0.120. The fraction of sp³-hybridized carbons (Fsp3) is 0.429. The van der Waals surface area contributed by atoms with Gasteiger partial charge in [-0.25, -0.2) is 8.42 Å². The molecule has 0 bridgehead atoms. The van der Waals surface area contributed by atoms with Crippen LogP contribution < -0.4 is 0 Å². The number of halogens is 1. The van der Waals surface area contributed by atoms with Crippen LogP contribution in [-0.4, -0.2) is 37.9 Å². The molecular weight excluding hydrogens is 316 g/mol. The van der Waals surface area contributed by atoms with Gasteiger partial charge in [0.1, 0.15) is 5.88 Å². The van der Waals surface area contributed by atoms with Crippen molar-refractivity contribution in [2.75, 3.05) is 12.1 Å². The summed E-state index contributed by atoms with van der Waals surface area (Å²) in [6, 6.07) is 5.51. The number of Topliss-reactive ketones (excluding diaryl/α,β-unsaturated/α-hetero) is 1. The molecule has 1 aromatic rings. The van der Waals surface area contributed by atoms with Crippen LogP contribution in [0.25, 0.3) is 0 Å². The molecule has 0 unspecified atom stereocenters. The van der Waals surface area contributed by atoms with E-state index < -0.39 is 27.2 Å². The number of rotatable bonds is 6. The number of ketones is 1. The number of carbonyl (C=O) groups excluding carboxylic acids is 2. The molecule has 21 heavy (non-hydrogen) atoms. The third kappa shape index (κ3) is 4.28. The number of hydrogen-bond acceptors (Lipinski definition) is 5. The quantitative estimate of drug-likeness (QED) is 0.453. The average Bonchev–Trinajstić information content (AvgIpc) is 2.45. The molecule has 0 spiro atoms. The maximum Gasteiger partial charge on any atom is 0.321 e. The van der Waals surface area contributed by atoms with Crippen LogP contribution in [-0.2, 0) is 19.4 Å². The predicted octanol–water partition coefficient (Wildman–Crippen LogP) is 2.22. The van der Waals surface area contributed by atoms with E-state index in [1.54, 1.807) is 6.92 Å². The van der Waals surface area contributed by atoms with Crippen LogP contribution in [0.2, 0.25) is 0 Å². The molecule has 0 radical (unpaired) electrons. The largest absolute Gasteiger partial charge is 0.450 e. The van der Waals surface area contributed by atoms with Gasteiger partial charge >= 0.3 is 5.97 Å². The monoisotopic (exact) mass is 332 g/mol. The standard InChI is InChI=1S/C14H17ClO5S/c1-4-14(2,20-12(16)9-15)13(17)10-5-7-11(8-6-10)21(3,18)19/h5-8H,4,9H2,1-3H3/t14-/m1/s1. The first-order chi connectivity index (χ1) is 9.64. The van der Waals surface area contributed by atoms with E-state index in [9.17, 15) is 18.0 Å². The van der Waals surface area contributed by atoms with Crippen LogP contribution in [0.3, 0.4) is 0 Å². The Morgan fingerprint density at radius 2 is 1.76 bits per heavy atom. The van der Waals surface area contributed by atoms with Gasteiger partial charge in [0.15, 0.2) is 15.4 Å². The second-order valence-electron chi connectivity index (χ2n) is 4.82. The van der Waals surface area contributed by atoms with Crippen LogP contribution in [0.5, 0.6) is 0 Å². The summed E-state index contributed by atoms with van der Waals surface area (Å²) >= 11 is 5.38. The summed E-state index contributed by atoms with van der Waals surface area (Å²) in [6.45, 7) is 3.22. The number of alkyl halides is 1. The molecule has 5 nitrogen and oxygen atoms in total. The van der Waals surface area contributed by atoms with Crippen molar-refractivity contribution in [1.29, 1.82) is 0 Å². The summed E-state index contributed by atoms with van der Waals surface area (Å²) in [7, 11) is -3.32. The molecule has 0 amide bonds. The SMILES string of the molecule is CC[C@@](C)(OC(=O)CCl)C(=O)c1ccc(S(C)(=O)=O)cc1. The molecule has 0 saturated carbocycles. The van der Waals surface area contributed by atoms with Crippen LogP contribution in [0.15, 0.2) is 29.2 Å². The zero-order valence-electron chi connectivity index (χ0n) is 12.1. The van der Waals surface area contributed by atoms with E-state index in [4.69, 9.17) is 16.3 Å². The molecule has 0 aliphatic carbocycles. The summed E-state index contributed by atoms with van der Waals surface area (Å²) in [4.78, 5) is 23.9. The van der Waals surface area contributed by atoms with Gasteiger partial charge in [-0.2, -0.15) is 0 Å². The number of ether oxygens (including phenoxy) is 1. The van der Waals surface area contributed by atoms with Gasteiger partial charge < -0.3 is 4.74 Å². The van der Waals surface area contributed by atoms with Crippen LogP contribution in [0.4, 0.5) is 0 Å². The van der Waals surface area contributed by atoms with Crippen molar-refractivity contribution in [2.24, 2.45) is 0 Å². The highest BCUT2D eigenvalue weighted by molar-refractivity contribution is 7.90. The predicted molar refractivity (Wildman–Crippen MR) is 79.4 cm³/mol. The van der Waals surface area contributed by atoms with Gasteiger partial charge in [0.05, 0.1) is 4.90 Å². The summed E-state index contributed by atoms with van der Waals surface area (Å²) in [5.41, 5.74) is -1.05. The summed E-state index contributed by atoms with van der Waals surface area (Å²) in [5, 5.41) is 0. The first kappa shape index (κ1) is 17.7. The minimum Gasteiger partial charge on any atom is -0.450 e. The van der Waals surface area contributed by atoms with Gasteiger partial charge in [0.25, 0.3) is 0 Å². The molecule has 0 N–H and O–H groups in total. The Morgan fingerprint density at radius 3 is 2.14 bits per heavy atom. The third-order valence-corrected chi connectivity index (χ3v) is 4.49. The lowest BCUT2D eigenvalue weighted by atomic mass is 9.92. The van der Waals surface area contributed by atoms with Crippen LogP contribution in [0, 0.1) is 0 Å². The molecule has 0 aliphatic rings. The molecule has 0 heterocycles. The van der Waals surface area contributed by atoms with E-state index in [0.29, 0.717) is 0 Å². The Morgan fingerprint density at radius 1 is 1.24 bits per heavy atom. The number of hydrogen-bond donors (Lipinski definition) is 0. The second-order valence-corrected chi connectivity index (χ2v) is 7.10. The van der Waals surface area contributed by atoms with Crippen molar-refractivity contribution in [3.8, 4) is 0 Å². The van der Waals surface area contributed by atoms with Crippen molar-refractivity contribution in [1.82, 2.24) is 0 Å². The molecule has 0 fully saturated rings. The minimum atomic E-state index is -3.32. The topological polar surface area (TPSA) is 77.5 Å². The zero-order valence-corrected chi connectivity index (χ0v) is 13.6. The van der Waals surface area contributed by atoms with Crippen molar-refractivity contribution >= 4 is 33.2 Å². The highest BCUT2D eigenvalue weighted by Gasteiger charge is 2.36. The van der Waals surface area contributed by atoms with E-state index >= 15 is 0 Å². The van der Waals surface area contributed by atoms with Crippen LogP contribution in [0.1, 0.15) is 30.6 Å². The molecular formula is C14H17ClO5S. The smallest absolute Gasteiger partial charge is 0.321 e. The van der Waals surface area contributed by atoms with Crippen molar-refractivity contribution < 1.29 is 22.7 Å². The maximum absolute atomic E-state index is 12.4. The lowest BCUT2D eigenvalue weighted by Gasteiger charge is -2.26. The van der Waals surface area contributed by atoms with E-state index in [1.165, 1.54) is 31.2 Å². The molecule has 1 atom stereocenters. The zero-order chi connectivity index (χ0) is 16.3. The highest BCUT2D eigenvalue weighted by atomic mass is 35.5. The average molecular weight is 333 g/mol. The Bertz CT molecular complexity index is 636. The van der Waals surface area contributed by atoms with E-state index in [0.717, 1.165) is 6.26 Å². The van der Waals surface area contributed by atoms with Crippen molar-refractivity contribution in [3.63, 3.8) is 0 Å². The molecule has 1 aromatic carbocycles. The van der Waals surface area contributed by atoms with Gasteiger partial charge in [-0.05, 0) is 37.6 Å². The van der Waals surface area contributed by atoms with Gasteiger partial charge in [-0.3, -0.25) is 9.59 Å². The second kappa shape index (κ2) is 6.58. The summed E-state index contributed by atoms with van der Waals surface area (Å²) < 4.78 is 27.9. The van der Waals surface area contributed by atoms with Gasteiger partial charge in [0, 0.05) is 11.8 Å². The molecule has 0 aliphatic heterocycles. The van der Waals surface area contributed by atoms with Crippen molar-refractivity contribution in [3.05, 3.63) is 29.8 Å². The fourth-order valence-corrected chi connectivity index (χ4v) is 2.40. The number of sulfone groups is 1. The number of carbonyl (C=O) groups is 2. The lowest BCUT2D eigenvalue weighted by Crippen LogP contribution is -2.40. The Hall–Kier alpha value is -1.40. The van der Waals surface area contributed by atoms with E-state index in [-0.39, 0.29) is 22.8 Å².